The Hall–Kier alpha value is -2.80. The van der Waals surface area contributed by atoms with Crippen molar-refractivity contribution < 1.29 is 4.79 Å². The molecule has 0 bridgehead atoms. The maximum absolute atomic E-state index is 13.6. The van der Waals surface area contributed by atoms with E-state index in [4.69, 9.17) is 0 Å². The zero-order chi connectivity index (χ0) is 20.9. The van der Waals surface area contributed by atoms with Crippen LogP contribution >= 0.6 is 11.8 Å². The van der Waals surface area contributed by atoms with Crippen molar-refractivity contribution >= 4 is 17.7 Å². The number of carbonyl (C=O) groups excluding carboxylic acids is 1. The van der Waals surface area contributed by atoms with Gasteiger partial charge in [0.1, 0.15) is 5.25 Å². The van der Waals surface area contributed by atoms with Crippen molar-refractivity contribution in [2.24, 2.45) is 0 Å². The summed E-state index contributed by atoms with van der Waals surface area (Å²) in [7, 11) is 0. The molecule has 1 aliphatic heterocycles. The van der Waals surface area contributed by atoms with Crippen LogP contribution in [0.4, 0.5) is 0 Å². The zero-order valence-electron chi connectivity index (χ0n) is 17.4. The summed E-state index contributed by atoms with van der Waals surface area (Å²) in [5.41, 5.74) is 5.62. The molecule has 0 fully saturated rings. The van der Waals surface area contributed by atoms with Gasteiger partial charge in [-0.05, 0) is 18.4 Å². The summed E-state index contributed by atoms with van der Waals surface area (Å²) in [6.45, 7) is 5.76. The quantitative estimate of drug-likeness (QED) is 0.614. The van der Waals surface area contributed by atoms with Crippen LogP contribution < -0.4 is 5.43 Å². The van der Waals surface area contributed by atoms with E-state index in [0.29, 0.717) is 5.16 Å². The highest BCUT2D eigenvalue weighted by Crippen LogP contribution is 2.39. The third-order valence-electron chi connectivity index (χ3n) is 5.17. The van der Waals surface area contributed by atoms with Crippen molar-refractivity contribution in [2.45, 2.75) is 43.1 Å². The third-order valence-corrected chi connectivity index (χ3v) is 6.37. The van der Waals surface area contributed by atoms with Crippen LogP contribution in [0.5, 0.6) is 0 Å². The molecule has 1 aromatic heterocycles. The van der Waals surface area contributed by atoms with Crippen molar-refractivity contribution in [1.82, 2.24) is 19.8 Å². The SMILES string of the molecule is CCCN(CCC)C(=O)[C@@H]1Sc2nnc(-c3ccccc3)n2N[C@H]1c1ccccc1. The largest absolute Gasteiger partial charge is 0.342 e. The highest BCUT2D eigenvalue weighted by molar-refractivity contribution is 8.00. The standard InChI is InChI=1S/C23H27N5OS/c1-3-15-27(16-4-2)22(29)20-19(17-11-7-5-8-12-17)26-28-21(24-25-23(28)30-20)18-13-9-6-10-14-18/h5-14,19-20,26H,3-4,15-16H2,1-2H3/t19-,20+/m0/s1. The number of benzene rings is 2. The van der Waals surface area contributed by atoms with Gasteiger partial charge in [-0.1, -0.05) is 86.3 Å². The lowest BCUT2D eigenvalue weighted by atomic mass is 10.0. The average Bonchev–Trinajstić information content (AvgIpc) is 3.22. The number of fused-ring (bicyclic) bond motifs is 1. The Morgan fingerprint density at radius 2 is 1.63 bits per heavy atom. The molecule has 0 saturated carbocycles. The van der Waals surface area contributed by atoms with Crippen LogP contribution in [0.25, 0.3) is 11.4 Å². The van der Waals surface area contributed by atoms with E-state index >= 15 is 0 Å². The average molecular weight is 422 g/mol. The Morgan fingerprint density at radius 1 is 1.00 bits per heavy atom. The van der Waals surface area contributed by atoms with E-state index < -0.39 is 0 Å². The first-order chi connectivity index (χ1) is 14.7. The minimum absolute atomic E-state index is 0.153. The molecule has 0 aliphatic carbocycles. The normalized spacial score (nSPS) is 17.8. The molecule has 2 heterocycles. The van der Waals surface area contributed by atoms with E-state index in [0.717, 1.165) is 42.9 Å². The van der Waals surface area contributed by atoms with Gasteiger partial charge in [-0.15, -0.1) is 10.2 Å². The minimum atomic E-state index is -0.300. The number of hydrogen-bond donors (Lipinski definition) is 1. The molecular formula is C23H27N5OS. The molecule has 30 heavy (non-hydrogen) atoms. The summed E-state index contributed by atoms with van der Waals surface area (Å²) in [5.74, 6) is 0.907. The molecule has 1 amide bonds. The molecule has 0 spiro atoms. The Morgan fingerprint density at radius 3 is 2.27 bits per heavy atom. The number of hydrogen-bond acceptors (Lipinski definition) is 5. The Balaban J connectivity index is 1.72. The van der Waals surface area contributed by atoms with Gasteiger partial charge in [0, 0.05) is 18.7 Å². The van der Waals surface area contributed by atoms with Crippen LogP contribution in [0.3, 0.4) is 0 Å². The van der Waals surface area contributed by atoms with Crippen LogP contribution in [-0.4, -0.2) is 44.0 Å². The number of nitrogens with one attached hydrogen (secondary N) is 1. The van der Waals surface area contributed by atoms with Gasteiger partial charge < -0.3 is 10.3 Å². The van der Waals surface area contributed by atoms with E-state index in [1.54, 1.807) is 0 Å². The van der Waals surface area contributed by atoms with E-state index in [2.05, 4.69) is 41.6 Å². The van der Waals surface area contributed by atoms with Gasteiger partial charge >= 0.3 is 0 Å². The topological polar surface area (TPSA) is 63.1 Å². The fourth-order valence-corrected chi connectivity index (χ4v) is 4.94. The maximum Gasteiger partial charge on any atom is 0.238 e. The number of carbonyl (C=O) groups is 1. The molecular weight excluding hydrogens is 394 g/mol. The lowest BCUT2D eigenvalue weighted by Gasteiger charge is -2.36. The number of nitrogens with zero attached hydrogens (tertiary/aromatic N) is 4. The summed E-state index contributed by atoms with van der Waals surface area (Å²) in [4.78, 5) is 15.5. The first kappa shape index (κ1) is 20.5. The smallest absolute Gasteiger partial charge is 0.238 e. The fraction of sp³-hybridized carbons (Fsp3) is 0.348. The zero-order valence-corrected chi connectivity index (χ0v) is 18.2. The van der Waals surface area contributed by atoms with Crippen LogP contribution in [0, 0.1) is 0 Å². The lowest BCUT2D eigenvalue weighted by molar-refractivity contribution is -0.131. The van der Waals surface area contributed by atoms with Gasteiger partial charge in [0.25, 0.3) is 0 Å². The molecule has 7 heteroatoms. The van der Waals surface area contributed by atoms with E-state index in [9.17, 15) is 4.79 Å². The molecule has 2 atom stereocenters. The molecule has 4 rings (SSSR count). The second kappa shape index (κ2) is 9.34. The van der Waals surface area contributed by atoms with Crippen LogP contribution in [0.2, 0.25) is 0 Å². The fourth-order valence-electron chi connectivity index (χ4n) is 3.78. The first-order valence-electron chi connectivity index (χ1n) is 10.5. The van der Waals surface area contributed by atoms with Gasteiger partial charge in [-0.25, -0.2) is 4.68 Å². The summed E-state index contributed by atoms with van der Waals surface area (Å²) in [5, 5.41) is 9.21. The van der Waals surface area contributed by atoms with Crippen molar-refractivity contribution in [3.05, 3.63) is 66.2 Å². The second-order valence-corrected chi connectivity index (χ2v) is 8.50. The van der Waals surface area contributed by atoms with Crippen LogP contribution in [0.15, 0.2) is 65.8 Å². The van der Waals surface area contributed by atoms with Gasteiger partial charge in [0.05, 0.1) is 6.04 Å². The van der Waals surface area contributed by atoms with Crippen molar-refractivity contribution in [3.8, 4) is 11.4 Å². The Bertz CT molecular complexity index is 970. The van der Waals surface area contributed by atoms with Crippen LogP contribution in [-0.2, 0) is 4.79 Å². The van der Waals surface area contributed by atoms with E-state index in [1.165, 1.54) is 11.8 Å². The van der Waals surface area contributed by atoms with E-state index in [-0.39, 0.29) is 17.2 Å². The maximum atomic E-state index is 13.6. The predicted octanol–water partition coefficient (Wildman–Crippen LogP) is 4.35. The molecule has 0 unspecified atom stereocenters. The van der Waals surface area contributed by atoms with Gasteiger partial charge in [-0.2, -0.15) is 0 Å². The molecule has 3 aromatic rings. The highest BCUT2D eigenvalue weighted by Gasteiger charge is 2.39. The summed E-state index contributed by atoms with van der Waals surface area (Å²) < 4.78 is 1.92. The van der Waals surface area contributed by atoms with Gasteiger partial charge in [-0.3, -0.25) is 4.79 Å². The van der Waals surface area contributed by atoms with Crippen molar-refractivity contribution in [2.75, 3.05) is 18.5 Å². The van der Waals surface area contributed by atoms with Gasteiger partial charge in [0.15, 0.2) is 5.82 Å². The third kappa shape index (κ3) is 4.07. The summed E-state index contributed by atoms with van der Waals surface area (Å²) >= 11 is 1.50. The van der Waals surface area contributed by atoms with Crippen LogP contribution in [0.1, 0.15) is 38.3 Å². The monoisotopic (exact) mass is 421 g/mol. The lowest BCUT2D eigenvalue weighted by Crippen LogP contribution is -2.46. The number of thioether (sulfide) groups is 1. The Kier molecular flexibility index (Phi) is 6.38. The Labute approximate surface area is 181 Å². The van der Waals surface area contributed by atoms with Crippen molar-refractivity contribution in [3.63, 3.8) is 0 Å². The molecule has 0 radical (unpaired) electrons. The number of aromatic nitrogens is 3. The molecule has 156 valence electrons. The van der Waals surface area contributed by atoms with Gasteiger partial charge in [0.2, 0.25) is 11.1 Å². The second-order valence-electron chi connectivity index (χ2n) is 7.39. The molecule has 6 nitrogen and oxygen atoms in total. The minimum Gasteiger partial charge on any atom is -0.342 e. The predicted molar refractivity (Wildman–Crippen MR) is 121 cm³/mol. The van der Waals surface area contributed by atoms with E-state index in [1.807, 2.05) is 58.1 Å². The molecule has 1 N–H and O–H groups in total. The molecule has 1 aliphatic rings. The highest BCUT2D eigenvalue weighted by atomic mass is 32.2. The number of rotatable bonds is 7. The van der Waals surface area contributed by atoms with Crippen molar-refractivity contribution in [1.29, 1.82) is 0 Å². The first-order valence-corrected chi connectivity index (χ1v) is 11.4. The number of amides is 1. The summed E-state index contributed by atoms with van der Waals surface area (Å²) in [6, 6.07) is 20.0. The molecule has 0 saturated heterocycles. The summed E-state index contributed by atoms with van der Waals surface area (Å²) in [6.07, 6.45) is 1.89. The molecule has 2 aromatic carbocycles.